The SMILES string of the molecule is CCOc1ccccc1-c1nn(C(C)(C)C)cc1C(=O)N1CCN(C(C)(C)c2cn([C@@H](C)c3c(F)cc(F)cc3F)nn2)CC1. The third-order valence-electron chi connectivity index (χ3n) is 8.43. The molecule has 45 heavy (non-hydrogen) atoms. The first kappa shape index (κ1) is 32.2. The van der Waals surface area contributed by atoms with E-state index in [1.807, 2.05) is 81.6 Å². The van der Waals surface area contributed by atoms with E-state index in [1.165, 1.54) is 4.68 Å². The van der Waals surface area contributed by atoms with Crippen LogP contribution in [0.2, 0.25) is 0 Å². The van der Waals surface area contributed by atoms with E-state index < -0.39 is 29.0 Å². The van der Waals surface area contributed by atoms with Crippen molar-refractivity contribution < 1.29 is 22.7 Å². The summed E-state index contributed by atoms with van der Waals surface area (Å²) < 4.78 is 51.4. The third kappa shape index (κ3) is 6.33. The van der Waals surface area contributed by atoms with Gasteiger partial charge in [0.05, 0.1) is 35.5 Å². The molecule has 0 bridgehead atoms. The topological polar surface area (TPSA) is 81.3 Å². The zero-order valence-corrected chi connectivity index (χ0v) is 26.8. The Kier molecular flexibility index (Phi) is 8.81. The normalized spacial score (nSPS) is 15.4. The van der Waals surface area contributed by atoms with Crippen LogP contribution in [0.25, 0.3) is 11.3 Å². The minimum atomic E-state index is -0.978. The molecule has 9 nitrogen and oxygen atoms in total. The lowest BCUT2D eigenvalue weighted by atomic mass is 9.97. The van der Waals surface area contributed by atoms with E-state index in [2.05, 4.69) is 15.2 Å². The number of piperazine rings is 1. The Bertz CT molecular complexity index is 1660. The summed E-state index contributed by atoms with van der Waals surface area (Å²) in [5.41, 5.74) is 1.27. The van der Waals surface area contributed by atoms with E-state index in [9.17, 15) is 18.0 Å². The summed E-state index contributed by atoms with van der Waals surface area (Å²) in [6.45, 7) is 16.2. The van der Waals surface area contributed by atoms with Crippen LogP contribution in [-0.4, -0.2) is 73.3 Å². The Labute approximate surface area is 261 Å². The van der Waals surface area contributed by atoms with Crippen molar-refractivity contribution >= 4 is 5.91 Å². The Balaban J connectivity index is 1.34. The van der Waals surface area contributed by atoms with E-state index >= 15 is 0 Å². The molecule has 0 radical (unpaired) electrons. The minimum Gasteiger partial charge on any atom is -0.493 e. The summed E-state index contributed by atoms with van der Waals surface area (Å²) in [7, 11) is 0. The van der Waals surface area contributed by atoms with Crippen LogP contribution < -0.4 is 4.74 Å². The summed E-state index contributed by atoms with van der Waals surface area (Å²) in [5.74, 6) is -2.36. The van der Waals surface area contributed by atoms with Crippen molar-refractivity contribution in [1.82, 2.24) is 34.6 Å². The summed E-state index contributed by atoms with van der Waals surface area (Å²) in [5, 5.41) is 13.3. The van der Waals surface area contributed by atoms with Crippen LogP contribution in [-0.2, 0) is 11.1 Å². The molecule has 2 aromatic carbocycles. The van der Waals surface area contributed by atoms with Crippen LogP contribution in [0.15, 0.2) is 48.8 Å². The predicted octanol–water partition coefficient (Wildman–Crippen LogP) is 6.02. The standard InChI is InChI=1S/C33H40F3N7O2/c1-8-45-27-12-10-9-11-23(27)30-24(19-43(38-30)32(3,4)5)31(44)40-13-15-41(16-14-40)33(6,7)28-20-42(39-37-28)21(2)29-25(35)17-22(34)18-26(29)36/h9-12,17-21H,8,13-16H2,1-7H3/t21-/m0/s1. The Morgan fingerprint density at radius 2 is 1.62 bits per heavy atom. The highest BCUT2D eigenvalue weighted by Crippen LogP contribution is 2.34. The molecule has 2 aromatic heterocycles. The third-order valence-corrected chi connectivity index (χ3v) is 8.43. The van der Waals surface area contributed by atoms with Gasteiger partial charge in [-0.05, 0) is 60.6 Å². The van der Waals surface area contributed by atoms with Crippen LogP contribution in [0.3, 0.4) is 0 Å². The maximum Gasteiger partial charge on any atom is 0.257 e. The Morgan fingerprint density at radius 1 is 0.978 bits per heavy atom. The average molecular weight is 624 g/mol. The van der Waals surface area contributed by atoms with Gasteiger partial charge in [-0.15, -0.1) is 5.10 Å². The highest BCUT2D eigenvalue weighted by Gasteiger charge is 2.37. The predicted molar refractivity (Wildman–Crippen MR) is 164 cm³/mol. The fourth-order valence-electron chi connectivity index (χ4n) is 5.65. The molecule has 0 aliphatic carbocycles. The largest absolute Gasteiger partial charge is 0.493 e. The van der Waals surface area contributed by atoms with E-state index in [1.54, 1.807) is 13.1 Å². The van der Waals surface area contributed by atoms with Gasteiger partial charge in [-0.3, -0.25) is 14.4 Å². The number of carbonyl (C=O) groups excluding carboxylic acids is 1. The fourth-order valence-corrected chi connectivity index (χ4v) is 5.65. The molecule has 0 saturated carbocycles. The van der Waals surface area contributed by atoms with Crippen LogP contribution >= 0.6 is 0 Å². The first-order valence-corrected chi connectivity index (χ1v) is 15.2. The number of carbonyl (C=O) groups is 1. The summed E-state index contributed by atoms with van der Waals surface area (Å²) in [4.78, 5) is 18.1. The summed E-state index contributed by atoms with van der Waals surface area (Å²) in [6, 6.07) is 8.09. The zero-order chi connectivity index (χ0) is 32.7. The molecular weight excluding hydrogens is 583 g/mol. The average Bonchev–Trinajstić information content (AvgIpc) is 3.66. The molecule has 1 atom stereocenters. The van der Waals surface area contributed by atoms with Gasteiger partial charge in [-0.1, -0.05) is 17.3 Å². The summed E-state index contributed by atoms with van der Waals surface area (Å²) in [6.07, 6.45) is 3.48. The second kappa shape index (κ2) is 12.3. The number of amides is 1. The number of hydrogen-bond acceptors (Lipinski definition) is 6. The van der Waals surface area contributed by atoms with Gasteiger partial charge in [0.25, 0.3) is 5.91 Å². The maximum atomic E-state index is 14.4. The van der Waals surface area contributed by atoms with Crippen molar-refractivity contribution in [3.63, 3.8) is 0 Å². The smallest absolute Gasteiger partial charge is 0.257 e. The van der Waals surface area contributed by atoms with Crippen molar-refractivity contribution in [2.75, 3.05) is 32.8 Å². The molecule has 4 aromatic rings. The molecule has 3 heterocycles. The monoisotopic (exact) mass is 623 g/mol. The van der Waals surface area contributed by atoms with E-state index in [4.69, 9.17) is 9.84 Å². The minimum absolute atomic E-state index is 0.104. The molecule has 1 saturated heterocycles. The fraction of sp³-hybridized carbons (Fsp3) is 0.455. The van der Waals surface area contributed by atoms with Crippen molar-refractivity contribution in [3.8, 4) is 17.0 Å². The van der Waals surface area contributed by atoms with Crippen molar-refractivity contribution in [1.29, 1.82) is 0 Å². The van der Waals surface area contributed by atoms with Crippen LogP contribution in [0.1, 0.15) is 76.1 Å². The first-order chi connectivity index (χ1) is 21.2. The number of hydrogen-bond donors (Lipinski definition) is 0. The van der Waals surface area contributed by atoms with E-state index in [-0.39, 0.29) is 17.0 Å². The van der Waals surface area contributed by atoms with Gasteiger partial charge in [0.1, 0.15) is 34.6 Å². The molecule has 1 fully saturated rings. The van der Waals surface area contributed by atoms with Gasteiger partial charge in [-0.2, -0.15) is 5.10 Å². The van der Waals surface area contributed by atoms with Crippen LogP contribution in [0.4, 0.5) is 13.2 Å². The second-order valence-corrected chi connectivity index (χ2v) is 12.8. The molecular formula is C33H40F3N7O2. The second-order valence-electron chi connectivity index (χ2n) is 12.8. The van der Waals surface area contributed by atoms with Gasteiger partial charge < -0.3 is 9.64 Å². The molecule has 5 rings (SSSR count). The van der Waals surface area contributed by atoms with E-state index in [0.29, 0.717) is 67.6 Å². The molecule has 0 spiro atoms. The van der Waals surface area contributed by atoms with Crippen molar-refractivity contribution in [2.24, 2.45) is 0 Å². The molecule has 0 unspecified atom stereocenters. The molecule has 12 heteroatoms. The maximum absolute atomic E-state index is 14.4. The van der Waals surface area contributed by atoms with Gasteiger partial charge >= 0.3 is 0 Å². The zero-order valence-electron chi connectivity index (χ0n) is 26.8. The molecule has 1 aliphatic heterocycles. The first-order valence-electron chi connectivity index (χ1n) is 15.2. The number of rotatable bonds is 8. The van der Waals surface area contributed by atoms with Crippen LogP contribution in [0, 0.1) is 17.5 Å². The van der Waals surface area contributed by atoms with Gasteiger partial charge in [0, 0.05) is 55.6 Å². The Morgan fingerprint density at radius 3 is 2.24 bits per heavy atom. The van der Waals surface area contributed by atoms with Crippen molar-refractivity contribution in [3.05, 3.63) is 83.1 Å². The van der Waals surface area contributed by atoms with E-state index in [0.717, 1.165) is 5.56 Å². The molecule has 240 valence electrons. The van der Waals surface area contributed by atoms with Gasteiger partial charge in [0.2, 0.25) is 0 Å². The van der Waals surface area contributed by atoms with Crippen molar-refractivity contribution in [2.45, 2.75) is 65.6 Å². The molecule has 1 amide bonds. The summed E-state index contributed by atoms with van der Waals surface area (Å²) >= 11 is 0. The number of ether oxygens (including phenoxy) is 1. The number of benzene rings is 2. The number of para-hydroxylation sites is 1. The highest BCUT2D eigenvalue weighted by atomic mass is 19.1. The Hall–Kier alpha value is -4.19. The lowest BCUT2D eigenvalue weighted by molar-refractivity contribution is 0.0378. The molecule has 0 N–H and O–H groups in total. The lowest BCUT2D eigenvalue weighted by Gasteiger charge is -2.43. The lowest BCUT2D eigenvalue weighted by Crippen LogP contribution is -2.54. The number of nitrogens with zero attached hydrogens (tertiary/aromatic N) is 7. The van der Waals surface area contributed by atoms with Gasteiger partial charge in [0.15, 0.2) is 0 Å². The number of halogens is 3. The number of aromatic nitrogens is 5. The highest BCUT2D eigenvalue weighted by molar-refractivity contribution is 6.00. The quantitative estimate of drug-likeness (QED) is 0.239. The van der Waals surface area contributed by atoms with Crippen LogP contribution in [0.5, 0.6) is 5.75 Å². The van der Waals surface area contributed by atoms with Gasteiger partial charge in [-0.25, -0.2) is 17.9 Å². The molecule has 1 aliphatic rings.